The van der Waals surface area contributed by atoms with Gasteiger partial charge in [-0.3, -0.25) is 4.79 Å². The van der Waals surface area contributed by atoms with Crippen molar-refractivity contribution in [3.05, 3.63) is 36.2 Å². The lowest BCUT2D eigenvalue weighted by Crippen LogP contribution is -2.41. The van der Waals surface area contributed by atoms with Gasteiger partial charge in [0.2, 0.25) is 11.9 Å². The molecule has 1 aliphatic rings. The molecule has 150 valence electrons. The molecule has 1 aromatic carbocycles. The van der Waals surface area contributed by atoms with E-state index in [-0.39, 0.29) is 17.9 Å². The largest absolute Gasteiger partial charge is 0.497 e. The SMILES string of the molecule is COc1ccc(-c2cnc(N(C)C)nc2C2CCCCN2C(=O)C(C)C)cc1. The summed E-state index contributed by atoms with van der Waals surface area (Å²) in [4.78, 5) is 26.2. The molecule has 6 heteroatoms. The number of nitrogens with zero attached hydrogens (tertiary/aromatic N) is 4. The van der Waals surface area contributed by atoms with Gasteiger partial charge in [0.15, 0.2) is 0 Å². The van der Waals surface area contributed by atoms with E-state index in [1.54, 1.807) is 7.11 Å². The Morgan fingerprint density at radius 2 is 1.93 bits per heavy atom. The third kappa shape index (κ3) is 4.11. The third-order valence-corrected chi connectivity index (χ3v) is 5.20. The minimum Gasteiger partial charge on any atom is -0.497 e. The van der Waals surface area contributed by atoms with Gasteiger partial charge in [-0.05, 0) is 37.0 Å². The second-order valence-corrected chi connectivity index (χ2v) is 7.79. The van der Waals surface area contributed by atoms with Crippen LogP contribution in [0.3, 0.4) is 0 Å². The predicted molar refractivity (Wildman–Crippen MR) is 111 cm³/mol. The number of aromatic nitrogens is 2. The first kappa shape index (κ1) is 20.1. The van der Waals surface area contributed by atoms with E-state index in [1.807, 2.05) is 68.2 Å². The highest BCUT2D eigenvalue weighted by molar-refractivity contribution is 5.79. The number of piperidine rings is 1. The maximum atomic E-state index is 12.9. The number of hydrogen-bond donors (Lipinski definition) is 0. The van der Waals surface area contributed by atoms with E-state index >= 15 is 0 Å². The van der Waals surface area contributed by atoms with E-state index < -0.39 is 0 Å². The Morgan fingerprint density at radius 3 is 2.54 bits per heavy atom. The highest BCUT2D eigenvalue weighted by Gasteiger charge is 2.32. The molecule has 1 atom stereocenters. The topological polar surface area (TPSA) is 58.6 Å². The number of likely N-dealkylation sites (tertiary alicyclic amines) is 1. The van der Waals surface area contributed by atoms with Crippen LogP contribution in [0, 0.1) is 5.92 Å². The summed E-state index contributed by atoms with van der Waals surface area (Å²) in [6.07, 6.45) is 4.94. The molecule has 1 aliphatic heterocycles. The molecule has 0 saturated carbocycles. The quantitative estimate of drug-likeness (QED) is 0.784. The standard InChI is InChI=1S/C22H30N4O2/c1-15(2)21(27)26-13-7-6-8-19(26)20-18(14-23-22(24-20)25(3)4)16-9-11-17(28-5)12-10-16/h9-12,14-15,19H,6-8,13H2,1-5H3. The molecule has 1 aromatic heterocycles. The van der Waals surface area contributed by atoms with Gasteiger partial charge in [-0.1, -0.05) is 26.0 Å². The number of carbonyl (C=O) groups excluding carboxylic acids is 1. The van der Waals surface area contributed by atoms with E-state index in [2.05, 4.69) is 4.98 Å². The van der Waals surface area contributed by atoms with Crippen LogP contribution in [0.5, 0.6) is 5.75 Å². The van der Waals surface area contributed by atoms with Gasteiger partial charge < -0.3 is 14.5 Å². The summed E-state index contributed by atoms with van der Waals surface area (Å²) in [7, 11) is 5.53. The van der Waals surface area contributed by atoms with Crippen LogP contribution in [0.2, 0.25) is 0 Å². The highest BCUT2D eigenvalue weighted by Crippen LogP contribution is 2.37. The molecule has 0 spiro atoms. The van der Waals surface area contributed by atoms with E-state index in [1.165, 1.54) is 0 Å². The van der Waals surface area contributed by atoms with Gasteiger partial charge in [-0.2, -0.15) is 0 Å². The smallest absolute Gasteiger partial charge is 0.225 e. The van der Waals surface area contributed by atoms with Crippen molar-refractivity contribution in [3.8, 4) is 16.9 Å². The number of hydrogen-bond acceptors (Lipinski definition) is 5. The van der Waals surface area contributed by atoms with Gasteiger partial charge in [0.1, 0.15) is 5.75 Å². The fourth-order valence-corrected chi connectivity index (χ4v) is 3.66. The fourth-order valence-electron chi connectivity index (χ4n) is 3.66. The Labute approximate surface area is 167 Å². The maximum Gasteiger partial charge on any atom is 0.225 e. The first-order valence-electron chi connectivity index (χ1n) is 9.91. The van der Waals surface area contributed by atoms with E-state index in [4.69, 9.17) is 9.72 Å². The summed E-state index contributed by atoms with van der Waals surface area (Å²) in [5.74, 6) is 1.63. The van der Waals surface area contributed by atoms with Crippen molar-refractivity contribution in [1.82, 2.24) is 14.9 Å². The average Bonchev–Trinajstić information content (AvgIpc) is 2.72. The Hall–Kier alpha value is -2.63. The molecule has 1 unspecified atom stereocenters. The minimum absolute atomic E-state index is 0.0255. The summed E-state index contributed by atoms with van der Waals surface area (Å²) < 4.78 is 5.29. The lowest BCUT2D eigenvalue weighted by Gasteiger charge is -2.37. The monoisotopic (exact) mass is 382 g/mol. The van der Waals surface area contributed by atoms with Crippen LogP contribution >= 0.6 is 0 Å². The molecular weight excluding hydrogens is 352 g/mol. The maximum absolute atomic E-state index is 12.9. The van der Waals surface area contributed by atoms with E-state index in [0.29, 0.717) is 5.95 Å². The first-order chi connectivity index (χ1) is 13.4. The number of rotatable bonds is 5. The molecular formula is C22H30N4O2. The first-order valence-corrected chi connectivity index (χ1v) is 9.91. The van der Waals surface area contributed by atoms with Crippen LogP contribution in [0.1, 0.15) is 44.8 Å². The van der Waals surface area contributed by atoms with Crippen LogP contribution < -0.4 is 9.64 Å². The summed E-state index contributed by atoms with van der Waals surface area (Å²) >= 11 is 0. The molecule has 3 rings (SSSR count). The predicted octanol–water partition coefficient (Wildman–Crippen LogP) is 3.93. The van der Waals surface area contributed by atoms with Gasteiger partial charge in [0, 0.05) is 38.3 Å². The summed E-state index contributed by atoms with van der Waals surface area (Å²) in [6.45, 7) is 4.71. The molecule has 6 nitrogen and oxygen atoms in total. The molecule has 2 heterocycles. The lowest BCUT2D eigenvalue weighted by atomic mass is 9.93. The Balaban J connectivity index is 2.09. The van der Waals surface area contributed by atoms with Gasteiger partial charge in [-0.25, -0.2) is 9.97 Å². The molecule has 2 aromatic rings. The van der Waals surface area contributed by atoms with Gasteiger partial charge >= 0.3 is 0 Å². The number of benzene rings is 1. The highest BCUT2D eigenvalue weighted by atomic mass is 16.5. The van der Waals surface area contributed by atoms with Crippen molar-refractivity contribution in [2.45, 2.75) is 39.2 Å². The summed E-state index contributed by atoms with van der Waals surface area (Å²) in [5.41, 5.74) is 2.93. The Kier molecular flexibility index (Phi) is 6.17. The molecule has 0 bridgehead atoms. The Bertz CT molecular complexity index is 818. The molecule has 1 saturated heterocycles. The van der Waals surface area contributed by atoms with E-state index in [0.717, 1.165) is 48.4 Å². The molecule has 0 N–H and O–H groups in total. The van der Waals surface area contributed by atoms with Gasteiger partial charge in [-0.15, -0.1) is 0 Å². The zero-order valence-electron chi connectivity index (χ0n) is 17.5. The van der Waals surface area contributed by atoms with Crippen LogP contribution in [0.15, 0.2) is 30.5 Å². The lowest BCUT2D eigenvalue weighted by molar-refractivity contribution is -0.138. The van der Waals surface area contributed by atoms with Crippen LogP contribution in [0.4, 0.5) is 5.95 Å². The summed E-state index contributed by atoms with van der Waals surface area (Å²) in [6, 6.07) is 7.90. The van der Waals surface area contributed by atoms with Crippen molar-refractivity contribution in [1.29, 1.82) is 0 Å². The molecule has 0 radical (unpaired) electrons. The zero-order valence-corrected chi connectivity index (χ0v) is 17.5. The van der Waals surface area contributed by atoms with Gasteiger partial charge in [0.05, 0.1) is 18.8 Å². The van der Waals surface area contributed by atoms with Crippen LogP contribution in [-0.2, 0) is 4.79 Å². The van der Waals surface area contributed by atoms with Crippen molar-refractivity contribution in [3.63, 3.8) is 0 Å². The second kappa shape index (κ2) is 8.59. The van der Waals surface area contributed by atoms with Crippen molar-refractivity contribution >= 4 is 11.9 Å². The van der Waals surface area contributed by atoms with Crippen LogP contribution in [0.25, 0.3) is 11.1 Å². The molecule has 0 aliphatic carbocycles. The van der Waals surface area contributed by atoms with Gasteiger partial charge in [0.25, 0.3) is 0 Å². The Morgan fingerprint density at radius 1 is 1.21 bits per heavy atom. The number of carbonyl (C=O) groups is 1. The second-order valence-electron chi connectivity index (χ2n) is 7.79. The van der Waals surface area contributed by atoms with Crippen molar-refractivity contribution < 1.29 is 9.53 Å². The van der Waals surface area contributed by atoms with E-state index in [9.17, 15) is 4.79 Å². The van der Waals surface area contributed by atoms with Crippen LogP contribution in [-0.4, -0.2) is 48.5 Å². The van der Waals surface area contributed by atoms with Crippen molar-refractivity contribution in [2.75, 3.05) is 32.6 Å². The number of amides is 1. The molecule has 28 heavy (non-hydrogen) atoms. The normalized spacial score (nSPS) is 16.9. The number of anilines is 1. The molecule has 1 fully saturated rings. The fraction of sp³-hybridized carbons (Fsp3) is 0.500. The summed E-state index contributed by atoms with van der Waals surface area (Å²) in [5, 5.41) is 0. The number of ether oxygens (including phenoxy) is 1. The minimum atomic E-state index is -0.0276. The zero-order chi connectivity index (χ0) is 20.3. The molecule has 1 amide bonds. The average molecular weight is 383 g/mol. The van der Waals surface area contributed by atoms with Crippen molar-refractivity contribution in [2.24, 2.45) is 5.92 Å². The third-order valence-electron chi connectivity index (χ3n) is 5.20. The number of methoxy groups -OCH3 is 1.